The predicted molar refractivity (Wildman–Crippen MR) is 50.0 cm³/mol. The van der Waals surface area contributed by atoms with Gasteiger partial charge in [-0.3, -0.25) is 4.98 Å². The molecule has 1 aromatic rings. The summed E-state index contributed by atoms with van der Waals surface area (Å²) in [5, 5.41) is 4.22. The first-order valence-corrected chi connectivity index (χ1v) is 5.42. The number of halogens is 3. The highest BCUT2D eigenvalue weighted by Gasteiger charge is 2.22. The third-order valence-electron chi connectivity index (χ3n) is 1.56. The number of aromatic nitrogens is 1. The Hall–Kier alpha value is -0.990. The first kappa shape index (κ1) is 12.1. The minimum atomic E-state index is -4.12. The first-order valence-electron chi connectivity index (χ1n) is 3.50. The van der Waals surface area contributed by atoms with Gasteiger partial charge in [0.25, 0.3) is 6.43 Å². The van der Waals surface area contributed by atoms with Gasteiger partial charge >= 0.3 is 0 Å². The van der Waals surface area contributed by atoms with E-state index in [9.17, 15) is 17.2 Å². The smallest absolute Gasteiger partial charge is 0.282 e. The standard InChI is InChI=1S/C6H6ClF2N3O2S/c7-3-2(15(11,13)14)1-12-5(4(3)10)6(8)9/h1,6H,10H2,(H2,11,13,14). The van der Waals surface area contributed by atoms with Crippen LogP contribution in [0.15, 0.2) is 11.1 Å². The number of rotatable bonds is 2. The molecule has 84 valence electrons. The van der Waals surface area contributed by atoms with Gasteiger partial charge in [0, 0.05) is 6.20 Å². The van der Waals surface area contributed by atoms with Gasteiger partial charge in [0.15, 0.2) is 0 Å². The lowest BCUT2D eigenvalue weighted by atomic mass is 10.3. The topological polar surface area (TPSA) is 99.1 Å². The molecular weight excluding hydrogens is 252 g/mol. The molecule has 15 heavy (non-hydrogen) atoms. The van der Waals surface area contributed by atoms with Crippen LogP contribution >= 0.6 is 11.6 Å². The maximum atomic E-state index is 12.3. The summed E-state index contributed by atoms with van der Waals surface area (Å²) in [6, 6.07) is 0. The Balaban J connectivity index is 3.48. The lowest BCUT2D eigenvalue weighted by Crippen LogP contribution is -2.15. The SMILES string of the molecule is Nc1c(C(F)F)ncc(S(N)(=O)=O)c1Cl. The fourth-order valence-electron chi connectivity index (χ4n) is 0.872. The summed E-state index contributed by atoms with van der Waals surface area (Å²) in [6.45, 7) is 0. The average molecular weight is 258 g/mol. The number of pyridine rings is 1. The number of nitrogens with zero attached hydrogens (tertiary/aromatic N) is 1. The second-order valence-corrected chi connectivity index (χ2v) is 4.49. The highest BCUT2D eigenvalue weighted by atomic mass is 35.5. The molecule has 1 rings (SSSR count). The fourth-order valence-corrected chi connectivity index (χ4v) is 1.90. The monoisotopic (exact) mass is 257 g/mol. The van der Waals surface area contributed by atoms with E-state index in [4.69, 9.17) is 22.5 Å². The molecule has 0 aliphatic rings. The van der Waals surface area contributed by atoms with Crippen molar-refractivity contribution in [1.82, 2.24) is 4.98 Å². The number of hydrogen-bond acceptors (Lipinski definition) is 4. The van der Waals surface area contributed by atoms with Gasteiger partial charge in [-0.25, -0.2) is 22.3 Å². The summed E-state index contributed by atoms with van der Waals surface area (Å²) in [5.74, 6) is 0. The molecule has 0 saturated heterocycles. The molecule has 5 nitrogen and oxygen atoms in total. The zero-order valence-electron chi connectivity index (χ0n) is 7.12. The normalized spacial score (nSPS) is 12.1. The molecule has 0 fully saturated rings. The van der Waals surface area contributed by atoms with Gasteiger partial charge in [0.2, 0.25) is 10.0 Å². The van der Waals surface area contributed by atoms with Gasteiger partial charge in [0.1, 0.15) is 10.6 Å². The van der Waals surface area contributed by atoms with E-state index in [1.165, 1.54) is 0 Å². The second-order valence-electron chi connectivity index (χ2n) is 2.58. The van der Waals surface area contributed by atoms with Crippen LogP contribution in [0.1, 0.15) is 12.1 Å². The largest absolute Gasteiger partial charge is 0.396 e. The summed E-state index contributed by atoms with van der Waals surface area (Å²) < 4.78 is 46.3. The van der Waals surface area contributed by atoms with E-state index in [0.717, 1.165) is 0 Å². The van der Waals surface area contributed by atoms with Crippen molar-refractivity contribution in [3.05, 3.63) is 16.9 Å². The van der Waals surface area contributed by atoms with E-state index >= 15 is 0 Å². The molecule has 1 heterocycles. The number of primary sulfonamides is 1. The molecule has 9 heteroatoms. The van der Waals surface area contributed by atoms with E-state index in [1.54, 1.807) is 0 Å². The van der Waals surface area contributed by atoms with Crippen molar-refractivity contribution in [3.8, 4) is 0 Å². The maximum absolute atomic E-state index is 12.3. The van der Waals surface area contributed by atoms with Crippen molar-refractivity contribution in [2.75, 3.05) is 5.73 Å². The zero-order chi connectivity index (χ0) is 11.8. The number of anilines is 1. The second kappa shape index (κ2) is 3.87. The van der Waals surface area contributed by atoms with Crippen LogP contribution < -0.4 is 10.9 Å². The van der Waals surface area contributed by atoms with Crippen molar-refractivity contribution in [2.45, 2.75) is 11.3 Å². The van der Waals surface area contributed by atoms with Gasteiger partial charge in [-0.15, -0.1) is 0 Å². The molecular formula is C6H6ClF2N3O2S. The molecule has 0 aliphatic heterocycles. The maximum Gasteiger partial charge on any atom is 0.282 e. The van der Waals surface area contributed by atoms with Crippen molar-refractivity contribution in [3.63, 3.8) is 0 Å². The van der Waals surface area contributed by atoms with Gasteiger partial charge in [-0.1, -0.05) is 11.6 Å². The van der Waals surface area contributed by atoms with Crippen molar-refractivity contribution >= 4 is 27.3 Å². The number of hydrogen-bond donors (Lipinski definition) is 2. The summed E-state index contributed by atoms with van der Waals surface area (Å²) in [7, 11) is -4.12. The third-order valence-corrected chi connectivity index (χ3v) is 3.00. The van der Waals surface area contributed by atoms with Gasteiger partial charge < -0.3 is 5.73 Å². The van der Waals surface area contributed by atoms with Gasteiger partial charge in [-0.05, 0) is 0 Å². The Morgan fingerprint density at radius 1 is 1.47 bits per heavy atom. The lowest BCUT2D eigenvalue weighted by molar-refractivity contribution is 0.147. The van der Waals surface area contributed by atoms with Gasteiger partial charge in [0.05, 0.1) is 10.7 Å². The molecule has 1 aromatic heterocycles. The molecule has 0 atom stereocenters. The van der Waals surface area contributed by atoms with E-state index in [0.29, 0.717) is 6.20 Å². The first-order chi connectivity index (χ1) is 6.75. The Labute approximate surface area is 89.1 Å². The third kappa shape index (κ3) is 2.33. The molecule has 0 amide bonds. The van der Waals surface area contributed by atoms with Crippen LogP contribution in [-0.2, 0) is 10.0 Å². The summed E-state index contributed by atoms with van der Waals surface area (Å²) in [6.07, 6.45) is -2.28. The van der Waals surface area contributed by atoms with E-state index in [1.807, 2.05) is 0 Å². The van der Waals surface area contributed by atoms with Crippen LogP contribution in [0.25, 0.3) is 0 Å². The zero-order valence-corrected chi connectivity index (χ0v) is 8.69. The number of nitrogens with two attached hydrogens (primary N) is 2. The minimum Gasteiger partial charge on any atom is -0.396 e. The molecule has 0 saturated carbocycles. The van der Waals surface area contributed by atoms with Crippen LogP contribution in [0.5, 0.6) is 0 Å². The van der Waals surface area contributed by atoms with Crippen molar-refractivity contribution in [2.24, 2.45) is 5.14 Å². The molecule has 0 spiro atoms. The highest BCUT2D eigenvalue weighted by molar-refractivity contribution is 7.89. The van der Waals surface area contributed by atoms with Crippen molar-refractivity contribution in [1.29, 1.82) is 0 Å². The fraction of sp³-hybridized carbons (Fsp3) is 0.167. The Bertz CT molecular complexity index is 491. The average Bonchev–Trinajstić information content (AvgIpc) is 2.06. The summed E-state index contributed by atoms with van der Waals surface area (Å²) in [5.41, 5.74) is 3.83. The van der Waals surface area contributed by atoms with E-state index < -0.39 is 37.7 Å². The van der Waals surface area contributed by atoms with Crippen LogP contribution in [0.2, 0.25) is 5.02 Å². The number of alkyl halides is 2. The van der Waals surface area contributed by atoms with E-state index in [-0.39, 0.29) is 0 Å². The number of nitrogen functional groups attached to an aromatic ring is 1. The molecule has 0 aromatic carbocycles. The Morgan fingerprint density at radius 2 is 2.00 bits per heavy atom. The van der Waals surface area contributed by atoms with Crippen molar-refractivity contribution < 1.29 is 17.2 Å². The Morgan fingerprint density at radius 3 is 2.40 bits per heavy atom. The van der Waals surface area contributed by atoms with E-state index in [2.05, 4.69) is 4.98 Å². The molecule has 4 N–H and O–H groups in total. The predicted octanol–water partition coefficient (Wildman–Crippen LogP) is 0.902. The summed E-state index contributed by atoms with van der Waals surface area (Å²) in [4.78, 5) is 2.61. The van der Waals surface area contributed by atoms with Gasteiger partial charge in [-0.2, -0.15) is 0 Å². The minimum absolute atomic E-state index is 0.539. The molecule has 0 bridgehead atoms. The van der Waals surface area contributed by atoms with Crippen LogP contribution in [-0.4, -0.2) is 13.4 Å². The number of sulfonamides is 1. The lowest BCUT2D eigenvalue weighted by Gasteiger charge is -2.08. The van der Waals surface area contributed by atoms with Crippen LogP contribution in [0.3, 0.4) is 0 Å². The molecule has 0 unspecified atom stereocenters. The Kier molecular flexibility index (Phi) is 3.12. The van der Waals surface area contributed by atoms with Crippen LogP contribution in [0.4, 0.5) is 14.5 Å². The highest BCUT2D eigenvalue weighted by Crippen LogP contribution is 2.32. The summed E-state index contributed by atoms with van der Waals surface area (Å²) >= 11 is 5.47. The van der Waals surface area contributed by atoms with Crippen LogP contribution in [0, 0.1) is 0 Å². The molecule has 0 radical (unpaired) electrons. The molecule has 0 aliphatic carbocycles. The quantitative estimate of drug-likeness (QED) is 0.822.